The zero-order chi connectivity index (χ0) is 15.5. The summed E-state index contributed by atoms with van der Waals surface area (Å²) in [5.74, 6) is -1.36. The van der Waals surface area contributed by atoms with Gasteiger partial charge in [0.05, 0.1) is 5.56 Å². The number of hydrogen-bond acceptors (Lipinski definition) is 1. The maximum absolute atomic E-state index is 13.4. The highest BCUT2D eigenvalue weighted by Crippen LogP contribution is 2.29. The standard InChI is InChI=1S/C15H12F5N/c16-13-5-4-11(14(17)7-13)9-21-8-10-2-1-3-12(6-10)15(18,19)20/h1-7,21H,8-9H2. The molecule has 1 N–H and O–H groups in total. The molecule has 0 saturated heterocycles. The van der Waals surface area contributed by atoms with Gasteiger partial charge in [0.1, 0.15) is 11.6 Å². The topological polar surface area (TPSA) is 12.0 Å². The van der Waals surface area contributed by atoms with Gasteiger partial charge < -0.3 is 5.32 Å². The summed E-state index contributed by atoms with van der Waals surface area (Å²) in [5.41, 5.74) is -0.0366. The summed E-state index contributed by atoms with van der Waals surface area (Å²) in [6.07, 6.45) is -4.39. The van der Waals surface area contributed by atoms with Crippen LogP contribution in [0, 0.1) is 11.6 Å². The van der Waals surface area contributed by atoms with Gasteiger partial charge in [-0.15, -0.1) is 0 Å². The molecule has 0 radical (unpaired) electrons. The van der Waals surface area contributed by atoms with E-state index in [0.717, 1.165) is 24.3 Å². The monoisotopic (exact) mass is 301 g/mol. The molecule has 1 nitrogen and oxygen atoms in total. The SMILES string of the molecule is Fc1ccc(CNCc2cccc(C(F)(F)F)c2)c(F)c1. The van der Waals surface area contributed by atoms with Crippen LogP contribution < -0.4 is 5.32 Å². The van der Waals surface area contributed by atoms with E-state index in [0.29, 0.717) is 5.56 Å². The van der Waals surface area contributed by atoms with Crippen molar-refractivity contribution < 1.29 is 22.0 Å². The van der Waals surface area contributed by atoms with Crippen molar-refractivity contribution in [2.75, 3.05) is 0 Å². The van der Waals surface area contributed by atoms with Gasteiger partial charge >= 0.3 is 6.18 Å². The third-order valence-corrected chi connectivity index (χ3v) is 2.91. The average molecular weight is 301 g/mol. The van der Waals surface area contributed by atoms with Crippen LogP contribution in [0.3, 0.4) is 0 Å². The molecule has 112 valence electrons. The van der Waals surface area contributed by atoms with E-state index in [1.54, 1.807) is 6.07 Å². The van der Waals surface area contributed by atoms with Crippen molar-refractivity contribution in [1.82, 2.24) is 5.32 Å². The number of nitrogens with one attached hydrogen (secondary N) is 1. The Hall–Kier alpha value is -1.95. The molecule has 0 aliphatic carbocycles. The minimum Gasteiger partial charge on any atom is -0.309 e. The first-order valence-electron chi connectivity index (χ1n) is 6.17. The first kappa shape index (κ1) is 15.4. The molecular formula is C15H12F5N. The minimum atomic E-state index is -4.39. The molecule has 0 fully saturated rings. The second-order valence-electron chi connectivity index (χ2n) is 4.54. The second-order valence-corrected chi connectivity index (χ2v) is 4.54. The van der Waals surface area contributed by atoms with E-state index in [1.807, 2.05) is 0 Å². The first-order chi connectivity index (χ1) is 9.86. The van der Waals surface area contributed by atoms with Gasteiger partial charge in [0.15, 0.2) is 0 Å². The van der Waals surface area contributed by atoms with Gasteiger partial charge in [-0.3, -0.25) is 0 Å². The molecule has 0 atom stereocenters. The molecule has 0 amide bonds. The quantitative estimate of drug-likeness (QED) is 0.831. The van der Waals surface area contributed by atoms with E-state index in [9.17, 15) is 22.0 Å². The first-order valence-corrected chi connectivity index (χ1v) is 6.17. The fourth-order valence-corrected chi connectivity index (χ4v) is 1.86. The Morgan fingerprint density at radius 2 is 1.67 bits per heavy atom. The number of halogens is 5. The average Bonchev–Trinajstić information content (AvgIpc) is 2.41. The van der Waals surface area contributed by atoms with E-state index in [-0.39, 0.29) is 18.7 Å². The van der Waals surface area contributed by atoms with Crippen molar-refractivity contribution in [3.8, 4) is 0 Å². The lowest BCUT2D eigenvalue weighted by atomic mass is 10.1. The van der Waals surface area contributed by atoms with Gasteiger partial charge in [0.2, 0.25) is 0 Å². The lowest BCUT2D eigenvalue weighted by Gasteiger charge is -2.10. The Kier molecular flexibility index (Phi) is 4.57. The minimum absolute atomic E-state index is 0.0996. The fourth-order valence-electron chi connectivity index (χ4n) is 1.86. The normalized spacial score (nSPS) is 11.7. The van der Waals surface area contributed by atoms with Gasteiger partial charge in [0, 0.05) is 24.7 Å². The summed E-state index contributed by atoms with van der Waals surface area (Å²) in [4.78, 5) is 0. The van der Waals surface area contributed by atoms with Gasteiger partial charge in [-0.1, -0.05) is 24.3 Å². The molecule has 2 aromatic rings. The second kappa shape index (κ2) is 6.22. The van der Waals surface area contributed by atoms with Crippen LogP contribution in [0.4, 0.5) is 22.0 Å². The largest absolute Gasteiger partial charge is 0.416 e. The highest BCUT2D eigenvalue weighted by molar-refractivity contribution is 5.26. The Bertz CT molecular complexity index is 622. The van der Waals surface area contributed by atoms with Crippen molar-refractivity contribution in [2.24, 2.45) is 0 Å². The lowest BCUT2D eigenvalue weighted by molar-refractivity contribution is -0.137. The van der Waals surface area contributed by atoms with Crippen molar-refractivity contribution >= 4 is 0 Å². The molecule has 0 aliphatic rings. The zero-order valence-electron chi connectivity index (χ0n) is 10.8. The van der Waals surface area contributed by atoms with Crippen LogP contribution >= 0.6 is 0 Å². The smallest absolute Gasteiger partial charge is 0.309 e. The molecule has 0 aromatic heterocycles. The molecule has 6 heteroatoms. The van der Waals surface area contributed by atoms with Gasteiger partial charge in [-0.25, -0.2) is 8.78 Å². The molecule has 2 rings (SSSR count). The number of alkyl halides is 3. The highest BCUT2D eigenvalue weighted by Gasteiger charge is 2.30. The van der Waals surface area contributed by atoms with Crippen LogP contribution in [0.15, 0.2) is 42.5 Å². The van der Waals surface area contributed by atoms with E-state index in [1.165, 1.54) is 12.1 Å². The summed E-state index contributed by atoms with van der Waals surface area (Å²) >= 11 is 0. The molecular weight excluding hydrogens is 289 g/mol. The molecule has 0 heterocycles. The van der Waals surface area contributed by atoms with Crippen LogP contribution in [0.5, 0.6) is 0 Å². The maximum Gasteiger partial charge on any atom is 0.416 e. The van der Waals surface area contributed by atoms with Crippen LogP contribution in [-0.4, -0.2) is 0 Å². The van der Waals surface area contributed by atoms with E-state index in [4.69, 9.17) is 0 Å². The maximum atomic E-state index is 13.4. The molecule has 0 spiro atoms. The van der Waals surface area contributed by atoms with Crippen molar-refractivity contribution in [3.05, 3.63) is 70.8 Å². The third-order valence-electron chi connectivity index (χ3n) is 2.91. The molecule has 2 aromatic carbocycles. The Balaban J connectivity index is 1.97. The molecule has 0 unspecified atom stereocenters. The fraction of sp³-hybridized carbons (Fsp3) is 0.200. The summed E-state index contributed by atoms with van der Waals surface area (Å²) < 4.78 is 63.7. The third kappa shape index (κ3) is 4.26. The van der Waals surface area contributed by atoms with E-state index >= 15 is 0 Å². The van der Waals surface area contributed by atoms with Crippen LogP contribution in [0.1, 0.15) is 16.7 Å². The van der Waals surface area contributed by atoms with E-state index < -0.39 is 23.4 Å². The Morgan fingerprint density at radius 3 is 2.33 bits per heavy atom. The van der Waals surface area contributed by atoms with Gasteiger partial charge in [0.25, 0.3) is 0 Å². The molecule has 0 aliphatic heterocycles. The Morgan fingerprint density at radius 1 is 0.905 bits per heavy atom. The molecule has 21 heavy (non-hydrogen) atoms. The summed E-state index contributed by atoms with van der Waals surface area (Å²) in [5, 5.41) is 2.83. The van der Waals surface area contributed by atoms with Crippen LogP contribution in [0.25, 0.3) is 0 Å². The van der Waals surface area contributed by atoms with E-state index in [2.05, 4.69) is 5.32 Å². The Labute approximate surface area is 118 Å². The molecule has 0 saturated carbocycles. The number of benzene rings is 2. The van der Waals surface area contributed by atoms with Crippen molar-refractivity contribution in [1.29, 1.82) is 0 Å². The van der Waals surface area contributed by atoms with Gasteiger partial charge in [-0.05, 0) is 17.7 Å². The predicted octanol–water partition coefficient (Wildman–Crippen LogP) is 4.27. The van der Waals surface area contributed by atoms with Crippen LogP contribution in [-0.2, 0) is 19.3 Å². The van der Waals surface area contributed by atoms with Crippen LogP contribution in [0.2, 0.25) is 0 Å². The lowest BCUT2D eigenvalue weighted by Crippen LogP contribution is -2.14. The predicted molar refractivity (Wildman–Crippen MR) is 68.3 cm³/mol. The molecule has 0 bridgehead atoms. The summed E-state index contributed by atoms with van der Waals surface area (Å²) in [7, 11) is 0. The number of rotatable bonds is 4. The van der Waals surface area contributed by atoms with Gasteiger partial charge in [-0.2, -0.15) is 13.2 Å². The summed E-state index contributed by atoms with van der Waals surface area (Å²) in [6.45, 7) is 0.253. The zero-order valence-corrected chi connectivity index (χ0v) is 10.8. The van der Waals surface area contributed by atoms with Crippen molar-refractivity contribution in [2.45, 2.75) is 19.3 Å². The summed E-state index contributed by atoms with van der Waals surface area (Å²) in [6, 6.07) is 8.08. The van der Waals surface area contributed by atoms with Crippen molar-refractivity contribution in [3.63, 3.8) is 0 Å². The number of hydrogen-bond donors (Lipinski definition) is 1. The highest BCUT2D eigenvalue weighted by atomic mass is 19.4.